The molecule has 0 aliphatic carbocycles. The summed E-state index contributed by atoms with van der Waals surface area (Å²) in [5, 5.41) is 3.68. The van der Waals surface area contributed by atoms with Gasteiger partial charge in [0.2, 0.25) is 0 Å². The summed E-state index contributed by atoms with van der Waals surface area (Å²) in [6.45, 7) is 5.72. The Labute approximate surface area is 99.3 Å². The number of hydrogen-bond donors (Lipinski definition) is 1. The molecule has 1 N–H and O–H groups in total. The van der Waals surface area contributed by atoms with Gasteiger partial charge in [0.25, 0.3) is 0 Å². The van der Waals surface area contributed by atoms with Crippen LogP contribution in [0.1, 0.15) is 43.7 Å². The van der Waals surface area contributed by atoms with E-state index in [-0.39, 0.29) is 0 Å². The highest BCUT2D eigenvalue weighted by Crippen LogP contribution is 2.24. The lowest BCUT2D eigenvalue weighted by molar-refractivity contribution is 0.261. The molecule has 1 heteroatoms. The van der Waals surface area contributed by atoms with E-state index in [2.05, 4.69) is 43.4 Å². The monoisotopic (exact) mass is 217 g/mol. The van der Waals surface area contributed by atoms with E-state index in [1.165, 1.54) is 49.8 Å². The summed E-state index contributed by atoms with van der Waals surface area (Å²) in [6, 6.07) is 8.96. The number of rotatable bonds is 3. The Bertz CT molecular complexity index is 320. The largest absolute Gasteiger partial charge is 0.312 e. The maximum Gasteiger partial charge on any atom is 0.0156 e. The number of nitrogens with one attached hydrogen (secondary N) is 1. The van der Waals surface area contributed by atoms with Crippen LogP contribution in [0.4, 0.5) is 0 Å². The van der Waals surface area contributed by atoms with Crippen molar-refractivity contribution in [1.82, 2.24) is 5.32 Å². The second-order valence-corrected chi connectivity index (χ2v) is 5.43. The van der Waals surface area contributed by atoms with Crippen LogP contribution in [-0.2, 0) is 6.42 Å². The molecule has 16 heavy (non-hydrogen) atoms. The Hall–Kier alpha value is -0.820. The lowest BCUT2D eigenvalue weighted by Gasteiger charge is -2.35. The zero-order chi connectivity index (χ0) is 11.4. The molecule has 1 saturated heterocycles. The number of benzene rings is 1. The highest BCUT2D eigenvalue weighted by atomic mass is 15.0. The summed E-state index contributed by atoms with van der Waals surface area (Å²) in [6.07, 6.45) is 6.52. The Morgan fingerprint density at radius 3 is 2.56 bits per heavy atom. The molecule has 0 radical (unpaired) electrons. The minimum atomic E-state index is 0.378. The van der Waals surface area contributed by atoms with Crippen LogP contribution in [0.25, 0.3) is 0 Å². The smallest absolute Gasteiger partial charge is 0.0156 e. The molecule has 0 saturated carbocycles. The zero-order valence-corrected chi connectivity index (χ0v) is 10.6. The van der Waals surface area contributed by atoms with Crippen molar-refractivity contribution in [3.8, 4) is 0 Å². The molecule has 0 bridgehead atoms. The van der Waals surface area contributed by atoms with Crippen LogP contribution in [-0.4, -0.2) is 12.1 Å². The van der Waals surface area contributed by atoms with Gasteiger partial charge < -0.3 is 5.32 Å². The third-order valence-corrected chi connectivity index (χ3v) is 3.79. The molecule has 2 rings (SSSR count). The SMILES string of the molecule is Cc1ccc(CCC2(C)CCCCN2)cc1. The molecule has 1 fully saturated rings. The fourth-order valence-corrected chi connectivity index (χ4v) is 2.51. The van der Waals surface area contributed by atoms with E-state index in [1.54, 1.807) is 0 Å². The molecule has 1 aromatic rings. The molecule has 0 aromatic heterocycles. The van der Waals surface area contributed by atoms with Crippen molar-refractivity contribution in [3.63, 3.8) is 0 Å². The number of aryl methyl sites for hydroxylation is 2. The summed E-state index contributed by atoms with van der Waals surface area (Å²) in [5.74, 6) is 0. The van der Waals surface area contributed by atoms with Gasteiger partial charge in [-0.2, -0.15) is 0 Å². The lowest BCUT2D eigenvalue weighted by atomic mass is 9.85. The molecular formula is C15H23N. The predicted molar refractivity (Wildman–Crippen MR) is 69.8 cm³/mol. The number of piperidine rings is 1. The average Bonchev–Trinajstić information content (AvgIpc) is 2.29. The molecule has 1 aliphatic heterocycles. The fraction of sp³-hybridized carbons (Fsp3) is 0.600. The highest BCUT2D eigenvalue weighted by molar-refractivity contribution is 5.21. The first kappa shape index (κ1) is 11.7. The van der Waals surface area contributed by atoms with Crippen molar-refractivity contribution in [2.45, 2.75) is 51.5 Å². The quantitative estimate of drug-likeness (QED) is 0.817. The van der Waals surface area contributed by atoms with Crippen LogP contribution in [0.3, 0.4) is 0 Å². The van der Waals surface area contributed by atoms with E-state index in [9.17, 15) is 0 Å². The second kappa shape index (κ2) is 5.01. The molecule has 1 nitrogen and oxygen atoms in total. The fourth-order valence-electron chi connectivity index (χ4n) is 2.51. The van der Waals surface area contributed by atoms with Crippen LogP contribution < -0.4 is 5.32 Å². The standard InChI is InChI=1S/C15H23N/c1-13-5-7-14(8-6-13)9-11-15(2)10-3-4-12-16-15/h5-8,16H,3-4,9-12H2,1-2H3. The topological polar surface area (TPSA) is 12.0 Å². The minimum Gasteiger partial charge on any atom is -0.312 e. The van der Waals surface area contributed by atoms with Crippen molar-refractivity contribution in [1.29, 1.82) is 0 Å². The Kier molecular flexibility index (Phi) is 3.65. The van der Waals surface area contributed by atoms with Gasteiger partial charge >= 0.3 is 0 Å². The maximum absolute atomic E-state index is 3.68. The third-order valence-electron chi connectivity index (χ3n) is 3.79. The molecule has 0 amide bonds. The second-order valence-electron chi connectivity index (χ2n) is 5.43. The van der Waals surface area contributed by atoms with Gasteiger partial charge in [-0.3, -0.25) is 0 Å². The predicted octanol–water partition coefficient (Wildman–Crippen LogP) is 3.46. The Morgan fingerprint density at radius 1 is 1.19 bits per heavy atom. The van der Waals surface area contributed by atoms with E-state index in [1.807, 2.05) is 0 Å². The third kappa shape index (κ3) is 3.08. The number of hydrogen-bond acceptors (Lipinski definition) is 1. The van der Waals surface area contributed by atoms with Gasteiger partial charge in [0.1, 0.15) is 0 Å². The highest BCUT2D eigenvalue weighted by Gasteiger charge is 2.25. The van der Waals surface area contributed by atoms with E-state index < -0.39 is 0 Å². The molecule has 1 aliphatic rings. The van der Waals surface area contributed by atoms with Gasteiger partial charge in [-0.05, 0) is 51.6 Å². The van der Waals surface area contributed by atoms with Crippen molar-refractivity contribution >= 4 is 0 Å². The van der Waals surface area contributed by atoms with Crippen LogP contribution in [0.2, 0.25) is 0 Å². The van der Waals surface area contributed by atoms with Crippen LogP contribution in [0.15, 0.2) is 24.3 Å². The molecule has 0 spiro atoms. The average molecular weight is 217 g/mol. The van der Waals surface area contributed by atoms with Crippen molar-refractivity contribution < 1.29 is 0 Å². The van der Waals surface area contributed by atoms with Gasteiger partial charge in [-0.1, -0.05) is 36.2 Å². The summed E-state index contributed by atoms with van der Waals surface area (Å²) in [5.41, 5.74) is 3.20. The first-order valence-electron chi connectivity index (χ1n) is 6.49. The minimum absolute atomic E-state index is 0.378. The first-order valence-corrected chi connectivity index (χ1v) is 6.49. The molecule has 88 valence electrons. The van der Waals surface area contributed by atoms with Crippen LogP contribution in [0.5, 0.6) is 0 Å². The van der Waals surface area contributed by atoms with Crippen molar-refractivity contribution in [3.05, 3.63) is 35.4 Å². The molecular weight excluding hydrogens is 194 g/mol. The summed E-state index contributed by atoms with van der Waals surface area (Å²) in [7, 11) is 0. The Balaban J connectivity index is 1.88. The van der Waals surface area contributed by atoms with Gasteiger partial charge in [0.05, 0.1) is 0 Å². The maximum atomic E-state index is 3.68. The summed E-state index contributed by atoms with van der Waals surface area (Å²) >= 11 is 0. The van der Waals surface area contributed by atoms with Crippen molar-refractivity contribution in [2.75, 3.05) is 6.54 Å². The first-order chi connectivity index (χ1) is 7.68. The molecule has 1 heterocycles. The summed E-state index contributed by atoms with van der Waals surface area (Å²) in [4.78, 5) is 0. The lowest BCUT2D eigenvalue weighted by Crippen LogP contribution is -2.46. The zero-order valence-electron chi connectivity index (χ0n) is 10.6. The molecule has 1 atom stereocenters. The van der Waals surface area contributed by atoms with E-state index >= 15 is 0 Å². The van der Waals surface area contributed by atoms with Gasteiger partial charge in [-0.15, -0.1) is 0 Å². The van der Waals surface area contributed by atoms with Gasteiger partial charge in [-0.25, -0.2) is 0 Å². The molecule has 1 aromatic carbocycles. The van der Waals surface area contributed by atoms with Gasteiger partial charge in [0.15, 0.2) is 0 Å². The van der Waals surface area contributed by atoms with E-state index in [4.69, 9.17) is 0 Å². The van der Waals surface area contributed by atoms with Crippen LogP contribution >= 0.6 is 0 Å². The molecule has 1 unspecified atom stereocenters. The normalized spacial score (nSPS) is 25.6. The van der Waals surface area contributed by atoms with Crippen molar-refractivity contribution in [2.24, 2.45) is 0 Å². The van der Waals surface area contributed by atoms with E-state index in [0.717, 1.165) is 0 Å². The Morgan fingerprint density at radius 2 is 1.94 bits per heavy atom. The van der Waals surface area contributed by atoms with E-state index in [0.29, 0.717) is 5.54 Å². The summed E-state index contributed by atoms with van der Waals surface area (Å²) < 4.78 is 0. The van der Waals surface area contributed by atoms with Crippen LogP contribution in [0, 0.1) is 6.92 Å². The van der Waals surface area contributed by atoms with Gasteiger partial charge in [0, 0.05) is 5.54 Å².